The van der Waals surface area contributed by atoms with Gasteiger partial charge in [-0.2, -0.15) is 0 Å². The molecule has 2 aliphatic heterocycles. The van der Waals surface area contributed by atoms with Gasteiger partial charge in [0.05, 0.1) is 26.2 Å². The molecule has 1 atom stereocenters. The molecule has 1 unspecified atom stereocenters. The molecule has 2 heterocycles. The molecule has 2 aromatic carbocycles. The van der Waals surface area contributed by atoms with E-state index < -0.39 is 11.5 Å². The Labute approximate surface area is 212 Å². The molecule has 0 saturated carbocycles. The fourth-order valence-electron chi connectivity index (χ4n) is 5.32. The Hall–Kier alpha value is -2.37. The molecule has 5 heteroatoms. The maximum atomic E-state index is 11.7. The van der Waals surface area contributed by atoms with Gasteiger partial charge in [0.15, 0.2) is 0 Å². The molecule has 0 amide bonds. The fourth-order valence-corrected chi connectivity index (χ4v) is 5.32. The van der Waals surface area contributed by atoms with Crippen LogP contribution in [-0.4, -0.2) is 55.3 Å². The third kappa shape index (κ3) is 8.08. The summed E-state index contributed by atoms with van der Waals surface area (Å²) in [7, 11) is 0. The van der Waals surface area contributed by atoms with Crippen LogP contribution in [0.1, 0.15) is 64.4 Å². The van der Waals surface area contributed by atoms with Crippen molar-refractivity contribution < 1.29 is 19.5 Å². The van der Waals surface area contributed by atoms with E-state index in [4.69, 9.17) is 4.74 Å². The summed E-state index contributed by atoms with van der Waals surface area (Å²) < 4.78 is 5.73. The van der Waals surface area contributed by atoms with Crippen molar-refractivity contribution in [1.82, 2.24) is 4.90 Å². The molecule has 192 valence electrons. The number of nitrogens with zero attached hydrogens (tertiary/aromatic N) is 1. The first-order valence-corrected chi connectivity index (χ1v) is 13.6. The van der Waals surface area contributed by atoms with E-state index in [9.17, 15) is 9.90 Å². The molecule has 0 bridgehead atoms. The van der Waals surface area contributed by atoms with Gasteiger partial charge in [-0.05, 0) is 69.3 Å². The van der Waals surface area contributed by atoms with Gasteiger partial charge in [-0.3, -0.25) is 4.90 Å². The van der Waals surface area contributed by atoms with Crippen LogP contribution in [0.2, 0.25) is 0 Å². The summed E-state index contributed by atoms with van der Waals surface area (Å²) >= 11 is 0. The number of carbonyl (C=O) groups is 1. The average Bonchev–Trinajstić information content (AvgIpc) is 2.93. The first-order chi connectivity index (χ1) is 17.0. The highest BCUT2D eigenvalue weighted by atomic mass is 16.5. The van der Waals surface area contributed by atoms with Gasteiger partial charge in [-0.15, -0.1) is 0 Å². The summed E-state index contributed by atoms with van der Waals surface area (Å²) in [6, 6.07) is 19.7. The third-order valence-corrected chi connectivity index (χ3v) is 7.82. The molecule has 2 aromatic rings. The van der Waals surface area contributed by atoms with Crippen LogP contribution in [0.5, 0.6) is 5.75 Å². The van der Waals surface area contributed by atoms with Crippen LogP contribution in [0, 0.1) is 5.92 Å². The molecule has 35 heavy (non-hydrogen) atoms. The predicted molar refractivity (Wildman–Crippen MR) is 142 cm³/mol. The maximum absolute atomic E-state index is 11.7. The Kier molecular flexibility index (Phi) is 11.1. The molecule has 0 spiro atoms. The highest BCUT2D eigenvalue weighted by Gasteiger charge is 2.41. The van der Waals surface area contributed by atoms with Gasteiger partial charge in [0.2, 0.25) is 0 Å². The Morgan fingerprint density at radius 3 is 2.17 bits per heavy atom. The zero-order valence-corrected chi connectivity index (χ0v) is 21.8. The second-order valence-corrected chi connectivity index (χ2v) is 10.2. The Morgan fingerprint density at radius 1 is 1.00 bits per heavy atom. The second kappa shape index (κ2) is 14.3. The summed E-state index contributed by atoms with van der Waals surface area (Å²) in [5.41, 5.74) is -0.0174. The van der Waals surface area contributed by atoms with E-state index in [1.807, 2.05) is 67.6 Å². The Bertz CT molecular complexity index is 846. The van der Waals surface area contributed by atoms with E-state index in [0.29, 0.717) is 0 Å². The highest BCUT2D eigenvalue weighted by Crippen LogP contribution is 2.31. The summed E-state index contributed by atoms with van der Waals surface area (Å²) in [5, 5.41) is 9.60. The number of benzene rings is 2. The minimum atomic E-state index is -0.887. The lowest BCUT2D eigenvalue weighted by Gasteiger charge is -2.40. The Morgan fingerprint density at radius 2 is 1.60 bits per heavy atom. The minimum absolute atomic E-state index is 0.759. The molecule has 0 aromatic heterocycles. The van der Waals surface area contributed by atoms with Gasteiger partial charge < -0.3 is 14.7 Å². The molecule has 0 radical (unpaired) electrons. The summed E-state index contributed by atoms with van der Waals surface area (Å²) in [6.45, 7) is 10.7. The topological polar surface area (TPSA) is 54.2 Å². The largest absolute Gasteiger partial charge is 0.493 e. The molecule has 5 nitrogen and oxygen atoms in total. The van der Waals surface area contributed by atoms with Gasteiger partial charge in [-0.25, -0.2) is 4.79 Å². The van der Waals surface area contributed by atoms with Crippen LogP contribution in [0.25, 0.3) is 0 Å². The number of hydrogen-bond donors (Lipinski definition) is 2. The van der Waals surface area contributed by atoms with Crippen LogP contribution in [0.4, 0.5) is 0 Å². The monoisotopic (exact) mass is 481 g/mol. The zero-order valence-electron chi connectivity index (χ0n) is 21.8. The molecular weight excluding hydrogens is 436 g/mol. The van der Waals surface area contributed by atoms with E-state index in [-0.39, 0.29) is 0 Å². The van der Waals surface area contributed by atoms with E-state index >= 15 is 0 Å². The number of piperidine rings is 2. The standard InChI is InChI=1S/C16H25NO.C14H19NO2/c1-2-15-9-12-17(13-10-15)11-6-14-18-16-7-4-3-5-8-16;1-14(13(16)17,12-8-4-2-5-9-12)15-10-6-3-7-11-15/h3-5,7-8,15H,2,6,9-14H2,1H3;2,4-5,8-9H,3,6-7,10-11H2,1H3,(H,16,17)/p+1. The van der Waals surface area contributed by atoms with Crippen molar-refractivity contribution in [2.75, 3.05) is 39.3 Å². The highest BCUT2D eigenvalue weighted by molar-refractivity contribution is 5.80. The van der Waals surface area contributed by atoms with Crippen molar-refractivity contribution in [3.63, 3.8) is 0 Å². The van der Waals surface area contributed by atoms with Crippen molar-refractivity contribution in [2.45, 2.75) is 64.3 Å². The number of quaternary nitrogens is 1. The van der Waals surface area contributed by atoms with E-state index in [0.717, 1.165) is 49.8 Å². The van der Waals surface area contributed by atoms with E-state index in [1.165, 1.54) is 51.7 Å². The fraction of sp³-hybridized carbons (Fsp3) is 0.567. The average molecular weight is 482 g/mol. The zero-order chi connectivity index (χ0) is 24.9. The maximum Gasteiger partial charge on any atom is 0.328 e. The molecule has 2 aliphatic rings. The number of ether oxygens (including phenoxy) is 1. The number of carboxylic acid groups (broad SMARTS) is 1. The quantitative estimate of drug-likeness (QED) is 0.513. The third-order valence-electron chi connectivity index (χ3n) is 7.82. The molecule has 0 aliphatic carbocycles. The van der Waals surface area contributed by atoms with E-state index in [2.05, 4.69) is 11.8 Å². The number of para-hydroxylation sites is 1. The Balaban J connectivity index is 0.000000196. The van der Waals surface area contributed by atoms with Crippen molar-refractivity contribution in [2.24, 2.45) is 5.92 Å². The molecular formula is C30H45N2O3+. The number of carboxylic acids is 1. The van der Waals surface area contributed by atoms with Crippen molar-refractivity contribution in [3.05, 3.63) is 66.2 Å². The smallest absolute Gasteiger partial charge is 0.328 e. The van der Waals surface area contributed by atoms with Crippen molar-refractivity contribution >= 4 is 5.97 Å². The number of likely N-dealkylation sites (tertiary alicyclic amines) is 2. The van der Waals surface area contributed by atoms with E-state index in [1.54, 1.807) is 4.90 Å². The van der Waals surface area contributed by atoms with Crippen LogP contribution < -0.4 is 9.64 Å². The minimum Gasteiger partial charge on any atom is -0.493 e. The lowest BCUT2D eigenvalue weighted by Crippen LogP contribution is -3.13. The van der Waals surface area contributed by atoms with Crippen LogP contribution in [0.15, 0.2) is 60.7 Å². The second-order valence-electron chi connectivity index (χ2n) is 10.2. The van der Waals surface area contributed by atoms with Crippen LogP contribution >= 0.6 is 0 Å². The van der Waals surface area contributed by atoms with Gasteiger partial charge in [0.25, 0.3) is 0 Å². The lowest BCUT2D eigenvalue weighted by atomic mass is 9.88. The summed E-state index contributed by atoms with van der Waals surface area (Å²) in [4.78, 5) is 15.5. The SMILES string of the molecule is CC(C(=O)O)(c1ccccc1)N1CCCCC1.CCC1CC[NH+](CCCOc2ccccc2)CC1. The lowest BCUT2D eigenvalue weighted by molar-refractivity contribution is -0.906. The molecule has 2 N–H and O–H groups in total. The van der Waals surface area contributed by atoms with Gasteiger partial charge in [-0.1, -0.05) is 68.3 Å². The van der Waals surface area contributed by atoms with Gasteiger partial charge in [0, 0.05) is 6.42 Å². The number of rotatable bonds is 9. The summed E-state index contributed by atoms with van der Waals surface area (Å²) in [5.74, 6) is 1.23. The number of hydrogen-bond acceptors (Lipinski definition) is 3. The number of aliphatic carboxylic acids is 1. The first-order valence-electron chi connectivity index (χ1n) is 13.6. The summed E-state index contributed by atoms with van der Waals surface area (Å²) in [6.07, 6.45) is 8.77. The molecule has 4 rings (SSSR count). The van der Waals surface area contributed by atoms with Crippen molar-refractivity contribution in [1.29, 1.82) is 0 Å². The van der Waals surface area contributed by atoms with Gasteiger partial charge in [0.1, 0.15) is 11.3 Å². The van der Waals surface area contributed by atoms with Crippen LogP contribution in [-0.2, 0) is 10.3 Å². The predicted octanol–water partition coefficient (Wildman–Crippen LogP) is 4.63. The molecule has 2 saturated heterocycles. The first kappa shape index (κ1) is 27.2. The van der Waals surface area contributed by atoms with Crippen molar-refractivity contribution in [3.8, 4) is 5.75 Å². The van der Waals surface area contributed by atoms with Crippen LogP contribution in [0.3, 0.4) is 0 Å². The number of nitrogens with one attached hydrogen (secondary N) is 1. The normalized spacial score (nSPS) is 22.3. The molecule has 2 fully saturated rings. The van der Waals surface area contributed by atoms with Gasteiger partial charge >= 0.3 is 5.97 Å².